The highest BCUT2D eigenvalue weighted by Gasteiger charge is 2.44. The van der Waals surface area contributed by atoms with E-state index in [2.05, 4.69) is 0 Å². The maximum absolute atomic E-state index is 13.4. The third-order valence-electron chi connectivity index (χ3n) is 8.36. The second kappa shape index (κ2) is 12.4. The van der Waals surface area contributed by atoms with Crippen LogP contribution in [0.2, 0.25) is 0 Å². The number of nitrogens with two attached hydrogens (primary N) is 1. The molecular formula is C31H44N2O4. The van der Waals surface area contributed by atoms with E-state index in [1.807, 2.05) is 61.2 Å². The maximum atomic E-state index is 13.4. The second-order valence-electron chi connectivity index (χ2n) is 11.1. The third-order valence-corrected chi connectivity index (χ3v) is 8.36. The zero-order valence-corrected chi connectivity index (χ0v) is 22.7. The van der Waals surface area contributed by atoms with E-state index < -0.39 is 5.60 Å². The minimum absolute atomic E-state index is 0.0168. The maximum Gasteiger partial charge on any atom is 0.225 e. The van der Waals surface area contributed by atoms with Crippen LogP contribution in [0.15, 0.2) is 42.5 Å². The van der Waals surface area contributed by atoms with Crippen molar-refractivity contribution in [2.75, 3.05) is 26.8 Å². The Hall–Kier alpha value is -2.41. The summed E-state index contributed by atoms with van der Waals surface area (Å²) in [7, 11) is 1.71. The van der Waals surface area contributed by atoms with Crippen molar-refractivity contribution in [3.05, 3.63) is 59.2 Å². The number of carbonyl (C=O) groups excluding carboxylic acids is 1. The van der Waals surface area contributed by atoms with Crippen LogP contribution in [-0.4, -0.2) is 48.8 Å². The summed E-state index contributed by atoms with van der Waals surface area (Å²) in [4.78, 5) is 15.4. The van der Waals surface area contributed by atoms with E-state index in [1.165, 1.54) is 0 Å². The molecule has 2 aromatic carbocycles. The molecule has 4 rings (SSSR count). The summed E-state index contributed by atoms with van der Waals surface area (Å²) in [6, 6.07) is 14.1. The van der Waals surface area contributed by atoms with Crippen LogP contribution < -0.4 is 10.5 Å². The standard InChI is InChI=1S/C31H44N2O4/c1-22-10-8-11-23(2)29(22)37-28-14-5-4-13-27(28)31(35,17-6-7-19-36-3)25-12-9-18-33(21-25)30(34)24-15-16-26(32)20-24/h4-5,8,10-11,13-14,24-26,35H,6-7,9,12,15-21,32H2,1-3H3/t24-,25-,26+,31?/m1/s1. The first-order chi connectivity index (χ1) is 17.8. The fourth-order valence-electron chi connectivity index (χ4n) is 6.25. The van der Waals surface area contributed by atoms with Gasteiger partial charge in [-0.3, -0.25) is 4.79 Å². The Morgan fingerprint density at radius 2 is 1.84 bits per heavy atom. The average molecular weight is 509 g/mol. The lowest BCUT2D eigenvalue weighted by atomic mass is 9.73. The van der Waals surface area contributed by atoms with E-state index in [4.69, 9.17) is 15.2 Å². The fourth-order valence-corrected chi connectivity index (χ4v) is 6.25. The average Bonchev–Trinajstić information content (AvgIpc) is 3.35. The summed E-state index contributed by atoms with van der Waals surface area (Å²) < 4.78 is 11.8. The van der Waals surface area contributed by atoms with Crippen molar-refractivity contribution in [3.63, 3.8) is 0 Å². The number of ether oxygens (including phenoxy) is 2. The van der Waals surface area contributed by atoms with E-state index in [-0.39, 0.29) is 23.8 Å². The van der Waals surface area contributed by atoms with Crippen LogP contribution in [-0.2, 0) is 15.1 Å². The van der Waals surface area contributed by atoms with E-state index >= 15 is 0 Å². The predicted octanol–water partition coefficient (Wildman–Crippen LogP) is 5.47. The predicted molar refractivity (Wildman–Crippen MR) is 147 cm³/mol. The molecule has 3 N–H and O–H groups in total. The number of methoxy groups -OCH3 is 1. The molecule has 0 bridgehead atoms. The van der Waals surface area contributed by atoms with Crippen molar-refractivity contribution in [2.24, 2.45) is 17.6 Å². The monoisotopic (exact) mass is 508 g/mol. The van der Waals surface area contributed by atoms with Crippen LogP contribution >= 0.6 is 0 Å². The summed E-state index contributed by atoms with van der Waals surface area (Å²) >= 11 is 0. The normalized spacial score (nSPS) is 23.6. The summed E-state index contributed by atoms with van der Waals surface area (Å²) in [6.45, 7) is 6.06. The van der Waals surface area contributed by atoms with Gasteiger partial charge in [-0.1, -0.05) is 36.4 Å². The number of benzene rings is 2. The van der Waals surface area contributed by atoms with Gasteiger partial charge in [0.1, 0.15) is 11.5 Å². The number of piperidine rings is 1. The highest BCUT2D eigenvalue weighted by atomic mass is 16.5. The van der Waals surface area contributed by atoms with Crippen LogP contribution in [0, 0.1) is 25.7 Å². The Kier molecular flexibility index (Phi) is 9.27. The van der Waals surface area contributed by atoms with E-state index in [1.54, 1.807) is 7.11 Å². The lowest BCUT2D eigenvalue weighted by Gasteiger charge is -2.44. The van der Waals surface area contributed by atoms with Crippen molar-refractivity contribution in [1.29, 1.82) is 0 Å². The Bertz CT molecular complexity index is 1040. The first-order valence-electron chi connectivity index (χ1n) is 13.9. The number of unbranched alkanes of at least 4 members (excludes halogenated alkanes) is 1. The van der Waals surface area contributed by atoms with Crippen molar-refractivity contribution < 1.29 is 19.4 Å². The van der Waals surface area contributed by atoms with E-state index in [9.17, 15) is 9.90 Å². The van der Waals surface area contributed by atoms with Crippen molar-refractivity contribution in [2.45, 2.75) is 76.9 Å². The minimum atomic E-state index is -1.12. The van der Waals surface area contributed by atoms with Gasteiger partial charge in [0, 0.05) is 50.2 Å². The number of amides is 1. The van der Waals surface area contributed by atoms with Gasteiger partial charge in [0.05, 0.1) is 5.60 Å². The minimum Gasteiger partial charge on any atom is -0.456 e. The second-order valence-corrected chi connectivity index (χ2v) is 11.1. The molecule has 2 aliphatic rings. The van der Waals surface area contributed by atoms with Gasteiger partial charge in [-0.15, -0.1) is 0 Å². The Labute approximate surface area is 222 Å². The number of aliphatic hydroxyl groups is 1. The van der Waals surface area contributed by atoms with E-state index in [0.29, 0.717) is 25.3 Å². The first-order valence-corrected chi connectivity index (χ1v) is 13.9. The third kappa shape index (κ3) is 6.36. The van der Waals surface area contributed by atoms with Crippen LogP contribution in [0.25, 0.3) is 0 Å². The number of carbonyl (C=O) groups is 1. The van der Waals surface area contributed by atoms with Crippen molar-refractivity contribution in [3.8, 4) is 11.5 Å². The summed E-state index contributed by atoms with van der Waals surface area (Å²) in [5.74, 6) is 1.65. The smallest absolute Gasteiger partial charge is 0.225 e. The molecule has 2 fully saturated rings. The number of hydrogen-bond acceptors (Lipinski definition) is 5. The van der Waals surface area contributed by atoms with E-state index in [0.717, 1.165) is 73.9 Å². The molecule has 6 nitrogen and oxygen atoms in total. The number of para-hydroxylation sites is 2. The van der Waals surface area contributed by atoms with Crippen LogP contribution in [0.1, 0.15) is 68.1 Å². The molecule has 1 saturated carbocycles. The number of rotatable bonds is 10. The summed E-state index contributed by atoms with van der Waals surface area (Å²) in [6.07, 6.45) is 6.59. The van der Waals surface area contributed by atoms with Gasteiger partial charge in [-0.2, -0.15) is 0 Å². The highest BCUT2D eigenvalue weighted by molar-refractivity contribution is 5.79. The van der Waals surface area contributed by atoms with Gasteiger partial charge in [0.15, 0.2) is 0 Å². The molecule has 1 aliphatic carbocycles. The Morgan fingerprint density at radius 1 is 1.08 bits per heavy atom. The molecule has 6 heteroatoms. The Morgan fingerprint density at radius 3 is 2.54 bits per heavy atom. The molecule has 202 valence electrons. The van der Waals surface area contributed by atoms with Crippen molar-refractivity contribution >= 4 is 5.91 Å². The number of aryl methyl sites for hydroxylation is 2. The molecule has 0 aromatic heterocycles. The molecule has 1 heterocycles. The summed E-state index contributed by atoms with van der Waals surface area (Å²) in [5, 5.41) is 12.5. The molecule has 1 aliphatic heterocycles. The SMILES string of the molecule is COCCCCC(O)(c1ccccc1Oc1c(C)cccc1C)[C@@H]1CCCN(C(=O)[C@@H]2CC[C@H](N)C2)C1. The number of hydrogen-bond donors (Lipinski definition) is 2. The quantitative estimate of drug-likeness (QED) is 0.416. The zero-order valence-electron chi connectivity index (χ0n) is 22.7. The molecule has 1 saturated heterocycles. The molecule has 37 heavy (non-hydrogen) atoms. The fraction of sp³-hybridized carbons (Fsp3) is 0.581. The molecule has 1 unspecified atom stereocenters. The molecule has 1 amide bonds. The largest absolute Gasteiger partial charge is 0.456 e. The van der Waals surface area contributed by atoms with Gasteiger partial charge in [0.25, 0.3) is 0 Å². The van der Waals surface area contributed by atoms with Gasteiger partial charge in [-0.05, 0) is 82.4 Å². The Balaban J connectivity index is 1.63. The molecular weight excluding hydrogens is 464 g/mol. The highest BCUT2D eigenvalue weighted by Crippen LogP contribution is 2.45. The number of nitrogens with zero attached hydrogens (tertiary/aromatic N) is 1. The first kappa shape index (κ1) is 27.6. The lowest BCUT2D eigenvalue weighted by molar-refractivity contribution is -0.141. The zero-order chi connectivity index (χ0) is 26.4. The van der Waals surface area contributed by atoms with Crippen molar-refractivity contribution in [1.82, 2.24) is 4.90 Å². The van der Waals surface area contributed by atoms with Gasteiger partial charge in [0.2, 0.25) is 5.91 Å². The van der Waals surface area contributed by atoms with Crippen LogP contribution in [0.5, 0.6) is 11.5 Å². The lowest BCUT2D eigenvalue weighted by Crippen LogP contribution is -2.49. The van der Waals surface area contributed by atoms with Gasteiger partial charge < -0.3 is 25.2 Å². The van der Waals surface area contributed by atoms with Gasteiger partial charge in [-0.25, -0.2) is 0 Å². The molecule has 0 spiro atoms. The topological polar surface area (TPSA) is 85.0 Å². The van der Waals surface area contributed by atoms with Gasteiger partial charge >= 0.3 is 0 Å². The van der Waals surface area contributed by atoms with Crippen LogP contribution in [0.3, 0.4) is 0 Å². The molecule has 0 radical (unpaired) electrons. The molecule has 4 atom stereocenters. The van der Waals surface area contributed by atoms with Crippen LogP contribution in [0.4, 0.5) is 0 Å². The molecule has 2 aromatic rings. The number of likely N-dealkylation sites (tertiary alicyclic amines) is 1. The summed E-state index contributed by atoms with van der Waals surface area (Å²) in [5.41, 5.74) is 7.91.